The Morgan fingerprint density at radius 2 is 1.46 bits per heavy atom. The van der Waals surface area contributed by atoms with E-state index in [1.807, 2.05) is 75.0 Å². The zero-order valence-corrected chi connectivity index (χ0v) is 67.4. The van der Waals surface area contributed by atoms with Crippen LogP contribution in [0.3, 0.4) is 0 Å². The van der Waals surface area contributed by atoms with Gasteiger partial charge in [-0.15, -0.1) is 0 Å². The molecule has 0 unspecified atom stereocenters. The molecule has 3 saturated heterocycles. The summed E-state index contributed by atoms with van der Waals surface area (Å²) >= 11 is 0. The van der Waals surface area contributed by atoms with Crippen molar-refractivity contribution in [3.63, 3.8) is 0 Å². The number of aliphatic hydroxyl groups is 3. The number of esters is 4. The maximum atomic E-state index is 14.8. The SMILES string of the molecule is COC[C@H]1OC(=O)/C(=C/N(C)CCCN(C)C)C2=C(O)C(=O)C3=C([C@H](OC(=O)CCCCCCC(=O)O[C@@H]4/C(C)=C/[C@@H](C)C(=O)C[C@@H]([C@H](C)CC5CCC(O)CC5)OC(=O)[C@@H]5CCCCN5C(=O)C(=O)[C@]5(O)O[C@@H](CC[C@H]5C)C[C@H](OC)/C(C)=C/C=C/C=C/[C@@H](C)C[C@@H](C)C(=O)[C@@H]4OC)C[C@]4(C)C(=O)CC[C@@H]34)[C@]21C. The topological polar surface area (TPSA) is 315 Å². The van der Waals surface area contributed by atoms with Crippen molar-refractivity contribution in [2.75, 3.05) is 68.7 Å². The minimum atomic E-state index is -2.49. The van der Waals surface area contributed by atoms with Crippen LogP contribution in [0.1, 0.15) is 210 Å². The van der Waals surface area contributed by atoms with Crippen LogP contribution in [-0.2, 0) is 85.8 Å². The molecular formula is C85H125N3O21. The number of piperidine rings is 1. The van der Waals surface area contributed by atoms with Crippen LogP contribution in [0.2, 0.25) is 0 Å². The highest BCUT2D eigenvalue weighted by molar-refractivity contribution is 6.39. The van der Waals surface area contributed by atoms with Crippen LogP contribution in [-0.4, -0.2) is 218 Å². The van der Waals surface area contributed by atoms with Gasteiger partial charge in [0.1, 0.15) is 35.9 Å². The van der Waals surface area contributed by atoms with Gasteiger partial charge in [-0.2, -0.15) is 0 Å². The van der Waals surface area contributed by atoms with Crippen LogP contribution >= 0.6 is 0 Å². The lowest BCUT2D eigenvalue weighted by atomic mass is 9.53. The monoisotopic (exact) mass is 1520 g/mol. The Morgan fingerprint density at radius 3 is 2.12 bits per heavy atom. The highest BCUT2D eigenvalue weighted by Gasteiger charge is 2.65. The molecule has 2 bridgehead atoms. The van der Waals surface area contributed by atoms with E-state index < -0.39 is 142 Å². The Bertz CT molecular complexity index is 3540. The number of rotatable bonds is 21. The molecule has 17 atom stereocenters. The molecule has 5 fully saturated rings. The first-order valence-corrected chi connectivity index (χ1v) is 40.0. The van der Waals surface area contributed by atoms with Crippen molar-refractivity contribution in [3.8, 4) is 0 Å². The van der Waals surface area contributed by atoms with E-state index in [4.69, 9.17) is 37.9 Å². The normalized spacial score (nSPS) is 36.0. The van der Waals surface area contributed by atoms with Crippen LogP contribution in [0.5, 0.6) is 0 Å². The maximum Gasteiger partial charge on any atom is 0.340 e. The van der Waals surface area contributed by atoms with Crippen LogP contribution in [0.25, 0.3) is 0 Å². The van der Waals surface area contributed by atoms with E-state index in [1.165, 1.54) is 19.1 Å². The number of cyclic esters (lactones) is 2. The lowest BCUT2D eigenvalue weighted by Gasteiger charge is -2.53. The largest absolute Gasteiger partial charge is 0.504 e. The molecule has 2 saturated carbocycles. The van der Waals surface area contributed by atoms with E-state index >= 15 is 0 Å². The number of amides is 1. The Kier molecular flexibility index (Phi) is 31.5. The predicted molar refractivity (Wildman–Crippen MR) is 406 cm³/mol. The molecule has 3 N–H and O–H groups in total. The molecule has 8 aliphatic rings. The van der Waals surface area contributed by atoms with Gasteiger partial charge in [0.05, 0.1) is 35.9 Å². The summed E-state index contributed by atoms with van der Waals surface area (Å²) in [6.45, 7) is 17.3. The number of allylic oxidation sites excluding steroid dienone is 7. The van der Waals surface area contributed by atoms with Crippen molar-refractivity contribution >= 4 is 58.7 Å². The summed E-state index contributed by atoms with van der Waals surface area (Å²) in [7, 11) is 10.1. The van der Waals surface area contributed by atoms with E-state index in [0.717, 1.165) is 31.4 Å². The number of ether oxygens (including phenoxy) is 8. The molecule has 24 nitrogen and oxygen atoms in total. The second-order valence-corrected chi connectivity index (χ2v) is 33.4. The number of Topliss-reactive ketones (excluding diaryl/α,β-unsaturated/α-hetero) is 5. The number of aliphatic hydroxyl groups excluding tert-OH is 2. The van der Waals surface area contributed by atoms with E-state index in [0.29, 0.717) is 101 Å². The molecule has 8 rings (SSSR count). The lowest BCUT2D eigenvalue weighted by molar-refractivity contribution is -0.265. The first-order chi connectivity index (χ1) is 51.6. The second kappa shape index (κ2) is 39.1. The summed E-state index contributed by atoms with van der Waals surface area (Å²) in [6.07, 6.45) is 13.8. The summed E-state index contributed by atoms with van der Waals surface area (Å²) in [5.74, 6) is -12.8. The Labute approximate surface area is 645 Å². The zero-order valence-electron chi connectivity index (χ0n) is 67.4. The van der Waals surface area contributed by atoms with Gasteiger partial charge in [-0.3, -0.25) is 38.4 Å². The number of hydrogen-bond donors (Lipinski definition) is 3. The highest BCUT2D eigenvalue weighted by atomic mass is 16.6. The molecule has 0 aromatic heterocycles. The minimum Gasteiger partial charge on any atom is -0.504 e. The fraction of sp³-hybridized carbons (Fsp3) is 0.718. The fourth-order valence-corrected chi connectivity index (χ4v) is 18.1. The van der Waals surface area contributed by atoms with Crippen LogP contribution in [0.15, 0.2) is 81.9 Å². The number of carbonyl (C=O) groups is 10. The number of methoxy groups -OCH3 is 3. The molecular weight excluding hydrogens is 1400 g/mol. The lowest BCUT2D eigenvalue weighted by Crippen LogP contribution is -2.61. The number of hydrogen-bond acceptors (Lipinski definition) is 23. The van der Waals surface area contributed by atoms with Gasteiger partial charge >= 0.3 is 23.9 Å². The maximum absolute atomic E-state index is 14.8. The summed E-state index contributed by atoms with van der Waals surface area (Å²) < 4.78 is 49.0. The van der Waals surface area contributed by atoms with Gasteiger partial charge < -0.3 is 67.9 Å². The molecule has 0 radical (unpaired) electrons. The summed E-state index contributed by atoms with van der Waals surface area (Å²) in [4.78, 5) is 150. The average Bonchev–Trinajstić information content (AvgIpc) is 1.66. The van der Waals surface area contributed by atoms with Gasteiger partial charge in [-0.05, 0) is 172 Å². The quantitative estimate of drug-likeness (QED) is 0.0240. The molecule has 606 valence electrons. The van der Waals surface area contributed by atoms with Crippen molar-refractivity contribution in [3.05, 3.63) is 81.9 Å². The summed E-state index contributed by atoms with van der Waals surface area (Å²) in [6, 6.07) is -1.21. The van der Waals surface area contributed by atoms with E-state index in [2.05, 4.69) is 0 Å². The van der Waals surface area contributed by atoms with E-state index in [1.54, 1.807) is 68.0 Å². The number of unbranched alkanes of at least 4 members (excludes halogenated alkanes) is 3. The number of ketones is 5. The third-order valence-electron chi connectivity index (χ3n) is 24.7. The van der Waals surface area contributed by atoms with Crippen LogP contribution in [0, 0.1) is 52.3 Å². The fourth-order valence-electron chi connectivity index (χ4n) is 18.1. The third-order valence-corrected chi connectivity index (χ3v) is 24.7. The molecule has 1 amide bonds. The van der Waals surface area contributed by atoms with Gasteiger partial charge in [0.2, 0.25) is 11.6 Å². The predicted octanol–water partition coefficient (Wildman–Crippen LogP) is 10.8. The van der Waals surface area contributed by atoms with E-state index in [9.17, 15) is 63.3 Å². The Morgan fingerprint density at radius 1 is 0.771 bits per heavy atom. The first kappa shape index (κ1) is 87.8. The van der Waals surface area contributed by atoms with Crippen molar-refractivity contribution in [2.45, 2.75) is 271 Å². The second-order valence-electron chi connectivity index (χ2n) is 33.4. The summed E-state index contributed by atoms with van der Waals surface area (Å²) in [5, 5.41) is 34.7. The average molecular weight is 1520 g/mol. The van der Waals surface area contributed by atoms with Crippen molar-refractivity contribution in [1.29, 1.82) is 0 Å². The smallest absolute Gasteiger partial charge is 0.340 e. The van der Waals surface area contributed by atoms with Crippen molar-refractivity contribution in [2.24, 2.45) is 52.3 Å². The molecule has 0 spiro atoms. The summed E-state index contributed by atoms with van der Waals surface area (Å²) in [5.41, 5.74) is -0.713. The number of carbonyl (C=O) groups excluding carboxylic acids is 10. The Balaban J connectivity index is 1.00. The minimum absolute atomic E-state index is 0.0102. The molecule has 4 aliphatic heterocycles. The van der Waals surface area contributed by atoms with Crippen molar-refractivity contribution < 1.29 is 101 Å². The van der Waals surface area contributed by atoms with Crippen molar-refractivity contribution in [1.82, 2.24) is 14.7 Å². The van der Waals surface area contributed by atoms with Gasteiger partial charge in [0, 0.05) is 126 Å². The number of nitrogens with zero attached hydrogens (tertiary/aromatic N) is 3. The zero-order chi connectivity index (χ0) is 80.0. The molecule has 109 heavy (non-hydrogen) atoms. The molecule has 0 aromatic carbocycles. The molecule has 4 heterocycles. The molecule has 4 aliphatic carbocycles. The van der Waals surface area contributed by atoms with Crippen LogP contribution < -0.4 is 0 Å². The van der Waals surface area contributed by atoms with E-state index in [-0.39, 0.29) is 110 Å². The van der Waals surface area contributed by atoms with Gasteiger partial charge in [-0.1, -0.05) is 90.8 Å². The third kappa shape index (κ3) is 20.9. The Hall–Kier alpha value is -6.80. The van der Waals surface area contributed by atoms with Gasteiger partial charge in [-0.25, -0.2) is 9.59 Å². The van der Waals surface area contributed by atoms with Gasteiger partial charge in [0.25, 0.3) is 11.7 Å². The standard InChI is InChI=1S/C85H125N3O21/c1-50-26-19-18-20-27-51(2)64(103-14)45-59-36-31-56(7)85(101,109-59)79(97)80(98)88-41-24-23-28-62(88)82(100)106-65(53(4)44-57-32-34-58(89)35-33-57)46-63(90)52(3)43-55(6)77(78(104-15)74(94)54(5)42-50)108-70(93)30-22-17-16-21-29-69(92)105-66-47-83(8)61(37-38-67(83)91)71-73(66)84(9)68(49-102-13)107-81(99)60(72(84)76(96)75(71)95)48-87(12)40-25-39-86(10)11/h18-20,26-27,43,48,50,52-54,56-59,61-62,64-66,68,77-78,89,96,101H,16-17,21-25,28-42,44-47,49H2,1-15H3/b20-18+,26-19+,51-27+,55-43+,60-48+/t50-,52-,53-,54-,56-,57?,58?,59+,61+,62+,64+,65+,66-,68-,77-,78+,83+,84+,85-/m1/s1. The number of fused-ring (bicyclic) bond motifs is 7. The van der Waals surface area contributed by atoms with Gasteiger partial charge in [0.15, 0.2) is 23.8 Å². The molecule has 0 aromatic rings. The molecule has 24 heteroatoms. The van der Waals surface area contributed by atoms with Crippen LogP contribution in [0.4, 0.5) is 0 Å². The highest BCUT2D eigenvalue weighted by Crippen LogP contribution is 2.62. The first-order valence-electron chi connectivity index (χ1n) is 40.0.